The van der Waals surface area contributed by atoms with Gasteiger partial charge in [0.25, 0.3) is 0 Å². The van der Waals surface area contributed by atoms with Crippen molar-refractivity contribution in [3.05, 3.63) is 65.2 Å². The van der Waals surface area contributed by atoms with E-state index in [0.29, 0.717) is 5.16 Å². The number of tetrazole rings is 1. The number of thioether (sulfide) groups is 1. The smallest absolute Gasteiger partial charge is 0.240 e. The highest BCUT2D eigenvalue weighted by atomic mass is 32.2. The summed E-state index contributed by atoms with van der Waals surface area (Å²) in [6.07, 6.45) is 2.14. The standard InChI is InChI=1S/C21H23N5OS/c1-15-10-11-18(16(2)14-15)26-21(22-23-24-26)28-19(17-8-4-3-5-9-17)20(27)25-12-6-7-13-25/h3-5,8-11,14,19H,6-7,12-13H2,1-2H3. The Morgan fingerprint density at radius 1 is 1.07 bits per heavy atom. The molecule has 1 saturated heterocycles. The second kappa shape index (κ2) is 8.14. The van der Waals surface area contributed by atoms with Gasteiger partial charge in [-0.25, -0.2) is 0 Å². The molecule has 1 aliphatic rings. The quantitative estimate of drug-likeness (QED) is 0.618. The van der Waals surface area contributed by atoms with Crippen LogP contribution in [0.15, 0.2) is 53.7 Å². The van der Waals surface area contributed by atoms with Gasteiger partial charge < -0.3 is 4.90 Å². The molecule has 2 heterocycles. The zero-order chi connectivity index (χ0) is 19.5. The van der Waals surface area contributed by atoms with Crippen LogP contribution in [0, 0.1) is 13.8 Å². The van der Waals surface area contributed by atoms with E-state index in [2.05, 4.69) is 28.5 Å². The lowest BCUT2D eigenvalue weighted by Crippen LogP contribution is -2.31. The molecule has 28 heavy (non-hydrogen) atoms. The molecule has 0 bridgehead atoms. The number of hydrogen-bond donors (Lipinski definition) is 0. The lowest BCUT2D eigenvalue weighted by Gasteiger charge is -2.22. The molecule has 3 aromatic rings. The number of amides is 1. The third-order valence-electron chi connectivity index (χ3n) is 4.99. The van der Waals surface area contributed by atoms with Gasteiger partial charge in [0.05, 0.1) is 5.69 Å². The minimum absolute atomic E-state index is 0.129. The van der Waals surface area contributed by atoms with Gasteiger partial charge in [-0.05, 0) is 54.3 Å². The first-order chi connectivity index (χ1) is 13.6. The van der Waals surface area contributed by atoms with E-state index in [4.69, 9.17) is 0 Å². The first-order valence-corrected chi connectivity index (χ1v) is 10.4. The number of aromatic nitrogens is 4. The van der Waals surface area contributed by atoms with Crippen LogP contribution in [-0.4, -0.2) is 44.1 Å². The van der Waals surface area contributed by atoms with Gasteiger partial charge in [-0.3, -0.25) is 4.79 Å². The molecule has 1 unspecified atom stereocenters. The van der Waals surface area contributed by atoms with E-state index in [9.17, 15) is 4.79 Å². The minimum Gasteiger partial charge on any atom is -0.341 e. The summed E-state index contributed by atoms with van der Waals surface area (Å²) in [7, 11) is 0. The molecule has 1 aliphatic heterocycles. The molecule has 1 amide bonds. The molecular weight excluding hydrogens is 370 g/mol. The summed E-state index contributed by atoms with van der Waals surface area (Å²) in [5.74, 6) is 0.129. The number of hydrogen-bond acceptors (Lipinski definition) is 5. The third kappa shape index (κ3) is 3.80. The molecule has 2 aromatic carbocycles. The van der Waals surface area contributed by atoms with Crippen LogP contribution in [0.25, 0.3) is 5.69 Å². The van der Waals surface area contributed by atoms with E-state index in [1.807, 2.05) is 54.3 Å². The fourth-order valence-corrected chi connectivity index (χ4v) is 4.62. The van der Waals surface area contributed by atoms with Crippen molar-refractivity contribution >= 4 is 17.7 Å². The average Bonchev–Trinajstić information content (AvgIpc) is 3.39. The van der Waals surface area contributed by atoms with Crippen LogP contribution < -0.4 is 0 Å². The predicted molar refractivity (Wildman–Crippen MR) is 109 cm³/mol. The van der Waals surface area contributed by atoms with Crippen LogP contribution in [0.4, 0.5) is 0 Å². The Bertz CT molecular complexity index is 966. The first kappa shape index (κ1) is 18.7. The molecule has 144 valence electrons. The molecule has 1 atom stereocenters. The van der Waals surface area contributed by atoms with Crippen molar-refractivity contribution in [3.8, 4) is 5.69 Å². The third-order valence-corrected chi connectivity index (χ3v) is 6.16. The van der Waals surface area contributed by atoms with Crippen LogP contribution in [0.1, 0.15) is 34.8 Å². The Morgan fingerprint density at radius 2 is 1.82 bits per heavy atom. The van der Waals surface area contributed by atoms with Gasteiger partial charge in [0, 0.05) is 13.1 Å². The Kier molecular flexibility index (Phi) is 5.43. The molecular formula is C21H23N5OS. The number of carbonyl (C=O) groups excluding carboxylic acids is 1. The highest BCUT2D eigenvalue weighted by molar-refractivity contribution is 8.00. The Balaban J connectivity index is 1.68. The second-order valence-electron chi connectivity index (χ2n) is 7.10. The van der Waals surface area contributed by atoms with E-state index >= 15 is 0 Å². The predicted octanol–water partition coefficient (Wildman–Crippen LogP) is 3.73. The zero-order valence-corrected chi connectivity index (χ0v) is 16.9. The summed E-state index contributed by atoms with van der Waals surface area (Å²) in [5.41, 5.74) is 4.18. The Hall–Kier alpha value is -2.67. The topological polar surface area (TPSA) is 63.9 Å². The zero-order valence-electron chi connectivity index (χ0n) is 16.1. The number of aryl methyl sites for hydroxylation is 2. The molecule has 0 radical (unpaired) electrons. The largest absolute Gasteiger partial charge is 0.341 e. The van der Waals surface area contributed by atoms with Gasteiger partial charge in [-0.1, -0.05) is 59.8 Å². The normalized spacial score (nSPS) is 15.0. The first-order valence-electron chi connectivity index (χ1n) is 9.50. The van der Waals surface area contributed by atoms with Gasteiger partial charge in [-0.15, -0.1) is 5.10 Å². The van der Waals surface area contributed by atoms with Gasteiger partial charge in [0.1, 0.15) is 5.25 Å². The minimum atomic E-state index is -0.366. The maximum absolute atomic E-state index is 13.3. The molecule has 7 heteroatoms. The van der Waals surface area contributed by atoms with Gasteiger partial charge in [0.15, 0.2) is 0 Å². The van der Waals surface area contributed by atoms with Crippen LogP contribution in [-0.2, 0) is 4.79 Å². The van der Waals surface area contributed by atoms with E-state index in [0.717, 1.165) is 42.7 Å². The summed E-state index contributed by atoms with van der Waals surface area (Å²) in [4.78, 5) is 15.2. The van der Waals surface area contributed by atoms with Crippen molar-refractivity contribution in [2.45, 2.75) is 37.1 Å². The van der Waals surface area contributed by atoms with Crippen molar-refractivity contribution < 1.29 is 4.79 Å². The molecule has 1 aromatic heterocycles. The van der Waals surface area contributed by atoms with Crippen molar-refractivity contribution in [1.29, 1.82) is 0 Å². The lowest BCUT2D eigenvalue weighted by atomic mass is 10.1. The van der Waals surface area contributed by atoms with Crippen LogP contribution >= 0.6 is 11.8 Å². The summed E-state index contributed by atoms with van der Waals surface area (Å²) in [5, 5.41) is 12.6. The van der Waals surface area contributed by atoms with Crippen molar-refractivity contribution in [2.75, 3.05) is 13.1 Å². The molecule has 0 saturated carbocycles. The lowest BCUT2D eigenvalue weighted by molar-refractivity contribution is -0.129. The van der Waals surface area contributed by atoms with Crippen LogP contribution in [0.2, 0.25) is 0 Å². The molecule has 0 spiro atoms. The Morgan fingerprint density at radius 3 is 2.54 bits per heavy atom. The number of nitrogens with zero attached hydrogens (tertiary/aromatic N) is 5. The molecule has 6 nitrogen and oxygen atoms in total. The maximum atomic E-state index is 13.3. The molecule has 0 aliphatic carbocycles. The van der Waals surface area contributed by atoms with E-state index in [1.165, 1.54) is 17.3 Å². The number of rotatable bonds is 5. The van der Waals surface area contributed by atoms with Crippen LogP contribution in [0.3, 0.4) is 0 Å². The van der Waals surface area contributed by atoms with E-state index < -0.39 is 0 Å². The second-order valence-corrected chi connectivity index (χ2v) is 8.18. The highest BCUT2D eigenvalue weighted by Crippen LogP contribution is 2.37. The molecule has 0 N–H and O–H groups in total. The monoisotopic (exact) mass is 393 g/mol. The van der Waals surface area contributed by atoms with E-state index in [-0.39, 0.29) is 11.2 Å². The summed E-state index contributed by atoms with van der Waals surface area (Å²) >= 11 is 1.41. The maximum Gasteiger partial charge on any atom is 0.240 e. The summed E-state index contributed by atoms with van der Waals surface area (Å²) in [6.45, 7) is 5.75. The fourth-order valence-electron chi connectivity index (χ4n) is 3.54. The highest BCUT2D eigenvalue weighted by Gasteiger charge is 2.30. The van der Waals surface area contributed by atoms with Gasteiger partial charge in [-0.2, -0.15) is 4.68 Å². The molecule has 4 rings (SSSR count). The van der Waals surface area contributed by atoms with Crippen molar-refractivity contribution in [1.82, 2.24) is 25.1 Å². The Labute approximate surface area is 168 Å². The van der Waals surface area contributed by atoms with E-state index in [1.54, 1.807) is 4.68 Å². The van der Waals surface area contributed by atoms with Crippen molar-refractivity contribution in [2.24, 2.45) is 0 Å². The number of carbonyl (C=O) groups is 1. The number of likely N-dealkylation sites (tertiary alicyclic amines) is 1. The molecule has 1 fully saturated rings. The number of benzene rings is 2. The van der Waals surface area contributed by atoms with Gasteiger partial charge in [0.2, 0.25) is 11.1 Å². The van der Waals surface area contributed by atoms with Crippen LogP contribution in [0.5, 0.6) is 0 Å². The summed E-state index contributed by atoms with van der Waals surface area (Å²) < 4.78 is 1.73. The summed E-state index contributed by atoms with van der Waals surface area (Å²) in [6, 6.07) is 16.1. The fraction of sp³-hybridized carbons (Fsp3) is 0.333. The van der Waals surface area contributed by atoms with Crippen molar-refractivity contribution in [3.63, 3.8) is 0 Å². The van der Waals surface area contributed by atoms with Gasteiger partial charge >= 0.3 is 0 Å². The SMILES string of the molecule is Cc1ccc(-n2nnnc2SC(C(=O)N2CCCC2)c2ccccc2)c(C)c1. The average molecular weight is 394 g/mol.